The first-order valence-corrected chi connectivity index (χ1v) is 4.98. The summed E-state index contributed by atoms with van der Waals surface area (Å²) in [5, 5.41) is 28.4. The molecule has 4 heteroatoms. The van der Waals surface area contributed by atoms with E-state index in [0.717, 1.165) is 25.8 Å². The van der Waals surface area contributed by atoms with Crippen molar-refractivity contribution in [2.75, 3.05) is 13.2 Å². The van der Waals surface area contributed by atoms with Gasteiger partial charge in [-0.3, -0.25) is 4.90 Å². The number of piperidine rings is 1. The van der Waals surface area contributed by atoms with Gasteiger partial charge >= 0.3 is 0 Å². The monoisotopic (exact) mass is 187 g/mol. The molecule has 2 fully saturated rings. The van der Waals surface area contributed by atoms with Crippen molar-refractivity contribution in [3.05, 3.63) is 0 Å². The van der Waals surface area contributed by atoms with Gasteiger partial charge in [-0.25, -0.2) is 0 Å². The number of hydrogen-bond donors (Lipinski definition) is 3. The molecule has 0 amide bonds. The Balaban J connectivity index is 2.14. The largest absolute Gasteiger partial charge is 0.395 e. The number of nitrogens with zero attached hydrogens (tertiary/aromatic N) is 1. The maximum Gasteiger partial charge on any atom is 0.0991 e. The van der Waals surface area contributed by atoms with E-state index in [4.69, 9.17) is 5.11 Å². The van der Waals surface area contributed by atoms with Crippen LogP contribution >= 0.6 is 0 Å². The summed E-state index contributed by atoms with van der Waals surface area (Å²) in [5.41, 5.74) is 0. The first-order valence-electron chi connectivity index (χ1n) is 4.98. The van der Waals surface area contributed by atoms with E-state index in [1.165, 1.54) is 0 Å². The van der Waals surface area contributed by atoms with E-state index in [1.54, 1.807) is 0 Å². The van der Waals surface area contributed by atoms with Crippen LogP contribution in [0.1, 0.15) is 19.3 Å². The zero-order valence-corrected chi connectivity index (χ0v) is 7.63. The molecule has 2 rings (SSSR count). The molecule has 2 aliphatic heterocycles. The van der Waals surface area contributed by atoms with Crippen molar-refractivity contribution in [2.24, 2.45) is 0 Å². The lowest BCUT2D eigenvalue weighted by Crippen LogP contribution is -2.44. The third kappa shape index (κ3) is 1.38. The molecular formula is C9H17NO3. The van der Waals surface area contributed by atoms with E-state index >= 15 is 0 Å². The minimum atomic E-state index is -0.770. The first kappa shape index (κ1) is 9.40. The van der Waals surface area contributed by atoms with Crippen molar-refractivity contribution in [1.29, 1.82) is 0 Å². The second kappa shape index (κ2) is 3.53. The fraction of sp³-hybridized carbons (Fsp3) is 1.00. The van der Waals surface area contributed by atoms with Gasteiger partial charge in [0, 0.05) is 6.04 Å². The molecule has 0 aromatic heterocycles. The molecule has 2 aliphatic rings. The average molecular weight is 187 g/mol. The molecule has 0 aliphatic carbocycles. The van der Waals surface area contributed by atoms with Gasteiger partial charge in [0.2, 0.25) is 0 Å². The van der Waals surface area contributed by atoms with E-state index < -0.39 is 12.2 Å². The van der Waals surface area contributed by atoms with Crippen LogP contribution in [-0.2, 0) is 0 Å². The van der Waals surface area contributed by atoms with Crippen LogP contribution < -0.4 is 0 Å². The molecular weight excluding hydrogens is 170 g/mol. The number of rotatable bonds is 1. The molecule has 0 radical (unpaired) electrons. The Labute approximate surface area is 77.8 Å². The van der Waals surface area contributed by atoms with Crippen LogP contribution in [0.25, 0.3) is 0 Å². The molecule has 0 bridgehead atoms. The first-order chi connectivity index (χ1) is 6.25. The van der Waals surface area contributed by atoms with E-state index in [2.05, 4.69) is 4.90 Å². The van der Waals surface area contributed by atoms with Gasteiger partial charge in [0.1, 0.15) is 0 Å². The topological polar surface area (TPSA) is 63.9 Å². The Kier molecular flexibility index (Phi) is 2.55. The predicted octanol–water partition coefficient (Wildman–Crippen LogP) is -1.06. The highest BCUT2D eigenvalue weighted by Gasteiger charge is 2.47. The summed E-state index contributed by atoms with van der Waals surface area (Å²) in [7, 11) is 0. The van der Waals surface area contributed by atoms with Crippen molar-refractivity contribution in [2.45, 2.75) is 43.6 Å². The van der Waals surface area contributed by atoms with Gasteiger partial charge in [-0.2, -0.15) is 0 Å². The second-order valence-corrected chi connectivity index (χ2v) is 4.03. The molecule has 76 valence electrons. The van der Waals surface area contributed by atoms with Crippen molar-refractivity contribution < 1.29 is 15.3 Å². The lowest BCUT2D eigenvalue weighted by molar-refractivity contribution is 0.0183. The Morgan fingerprint density at radius 2 is 1.92 bits per heavy atom. The zero-order chi connectivity index (χ0) is 9.42. The van der Waals surface area contributed by atoms with Crippen molar-refractivity contribution in [3.63, 3.8) is 0 Å². The fourth-order valence-corrected chi connectivity index (χ4v) is 2.62. The Hall–Kier alpha value is -0.160. The highest BCUT2D eigenvalue weighted by Crippen LogP contribution is 2.31. The van der Waals surface area contributed by atoms with Gasteiger partial charge in [-0.15, -0.1) is 0 Å². The third-order valence-electron chi connectivity index (χ3n) is 3.34. The minimum absolute atomic E-state index is 0.0608. The zero-order valence-electron chi connectivity index (χ0n) is 7.63. The predicted molar refractivity (Wildman–Crippen MR) is 47.2 cm³/mol. The lowest BCUT2D eigenvalue weighted by atomic mass is 10.0. The van der Waals surface area contributed by atoms with E-state index in [-0.39, 0.29) is 18.7 Å². The normalized spacial score (nSPS) is 46.4. The molecule has 0 unspecified atom stereocenters. The SMILES string of the molecule is OC[C@H]1[C@H](O)[C@H](O)[C@H]2CCCCN21. The quantitative estimate of drug-likeness (QED) is 0.489. The van der Waals surface area contributed by atoms with Crippen LogP contribution in [0.2, 0.25) is 0 Å². The summed E-state index contributed by atoms with van der Waals surface area (Å²) >= 11 is 0. The molecule has 2 saturated heterocycles. The Morgan fingerprint density at radius 3 is 2.62 bits per heavy atom. The molecule has 3 N–H and O–H groups in total. The molecule has 0 spiro atoms. The third-order valence-corrected chi connectivity index (χ3v) is 3.34. The molecule has 13 heavy (non-hydrogen) atoms. The van der Waals surface area contributed by atoms with Gasteiger partial charge in [-0.1, -0.05) is 6.42 Å². The molecule has 0 aromatic carbocycles. The summed E-state index contributed by atoms with van der Waals surface area (Å²) in [5.74, 6) is 0. The van der Waals surface area contributed by atoms with E-state index in [1.807, 2.05) is 0 Å². The highest BCUT2D eigenvalue weighted by atomic mass is 16.3. The number of aliphatic hydroxyl groups excluding tert-OH is 3. The summed E-state index contributed by atoms with van der Waals surface area (Å²) in [4.78, 5) is 2.05. The van der Waals surface area contributed by atoms with Gasteiger partial charge in [0.15, 0.2) is 0 Å². The second-order valence-electron chi connectivity index (χ2n) is 4.03. The average Bonchev–Trinajstić information content (AvgIpc) is 2.41. The van der Waals surface area contributed by atoms with Crippen molar-refractivity contribution in [3.8, 4) is 0 Å². The van der Waals surface area contributed by atoms with Crippen LogP contribution in [0, 0.1) is 0 Å². The Morgan fingerprint density at radius 1 is 1.15 bits per heavy atom. The molecule has 0 saturated carbocycles. The summed E-state index contributed by atoms with van der Waals surface area (Å²) in [6.07, 6.45) is 1.72. The van der Waals surface area contributed by atoms with Gasteiger partial charge in [0.25, 0.3) is 0 Å². The van der Waals surface area contributed by atoms with E-state index in [9.17, 15) is 10.2 Å². The summed E-state index contributed by atoms with van der Waals surface area (Å²) in [6, 6.07) is -0.179. The number of fused-ring (bicyclic) bond motifs is 1. The Bertz CT molecular complexity index is 178. The minimum Gasteiger partial charge on any atom is -0.395 e. The maximum atomic E-state index is 9.69. The van der Waals surface area contributed by atoms with Crippen LogP contribution in [-0.4, -0.2) is 57.7 Å². The summed E-state index contributed by atoms with van der Waals surface area (Å²) in [6.45, 7) is 0.832. The van der Waals surface area contributed by atoms with Crippen molar-refractivity contribution >= 4 is 0 Å². The molecule has 2 heterocycles. The molecule has 0 aromatic rings. The molecule has 4 nitrogen and oxygen atoms in total. The van der Waals surface area contributed by atoms with Crippen LogP contribution in [0.4, 0.5) is 0 Å². The lowest BCUT2D eigenvalue weighted by Gasteiger charge is -2.33. The van der Waals surface area contributed by atoms with Crippen LogP contribution in [0.3, 0.4) is 0 Å². The number of aliphatic hydroxyl groups is 3. The summed E-state index contributed by atoms with van der Waals surface area (Å²) < 4.78 is 0. The van der Waals surface area contributed by atoms with Crippen molar-refractivity contribution in [1.82, 2.24) is 4.90 Å². The van der Waals surface area contributed by atoms with Gasteiger partial charge < -0.3 is 15.3 Å². The standard InChI is InChI=1S/C9H17NO3/c11-5-7-9(13)8(12)6-3-1-2-4-10(6)7/h6-9,11-13H,1-5H2/t6-,7+,8-,9+/m1/s1. The molecule has 4 atom stereocenters. The number of hydrogen-bond acceptors (Lipinski definition) is 4. The van der Waals surface area contributed by atoms with Gasteiger partial charge in [0.05, 0.1) is 24.9 Å². The smallest absolute Gasteiger partial charge is 0.0991 e. The highest BCUT2D eigenvalue weighted by molar-refractivity contribution is 5.01. The van der Waals surface area contributed by atoms with Crippen LogP contribution in [0.15, 0.2) is 0 Å². The maximum absolute atomic E-state index is 9.69. The van der Waals surface area contributed by atoms with Crippen LogP contribution in [0.5, 0.6) is 0 Å². The van der Waals surface area contributed by atoms with Gasteiger partial charge in [-0.05, 0) is 19.4 Å². The van der Waals surface area contributed by atoms with E-state index in [0.29, 0.717) is 0 Å². The fourth-order valence-electron chi connectivity index (χ4n) is 2.62.